The number of hydrogen-bond donors (Lipinski definition) is 1. The van der Waals surface area contributed by atoms with E-state index in [1.807, 2.05) is 6.08 Å². The zero-order valence-corrected chi connectivity index (χ0v) is 13.0. The molecule has 0 aliphatic carbocycles. The molecule has 0 rings (SSSR count). The lowest BCUT2D eigenvalue weighted by Crippen LogP contribution is -2.40. The molecule has 0 aliphatic rings. The number of nitrogens with one attached hydrogen (secondary N) is 1. The lowest BCUT2D eigenvalue weighted by molar-refractivity contribution is 0.334. The predicted molar refractivity (Wildman–Crippen MR) is 78.6 cm³/mol. The smallest absolute Gasteiger partial charge is 0.193 e. The van der Waals surface area contributed by atoms with Crippen LogP contribution in [0.1, 0.15) is 27.2 Å². The summed E-state index contributed by atoms with van der Waals surface area (Å²) in [4.78, 5) is 0. The average molecular weight is 253 g/mol. The second-order valence-electron chi connectivity index (χ2n) is 5.66. The molecule has 98 valence electrons. The number of hydrogen-bond acceptors (Lipinski definition) is 2. The molecule has 0 aliphatic heterocycles. The van der Waals surface area contributed by atoms with Crippen LogP contribution in [-0.4, -0.2) is 28.0 Å². The lowest BCUT2D eigenvalue weighted by atomic mass is 10.2. The summed E-state index contributed by atoms with van der Waals surface area (Å²) in [7, 11) is -1.62. The Kier molecular flexibility index (Phi) is 7.45. The first-order chi connectivity index (χ1) is 7.81. The number of rotatable bonds is 6. The van der Waals surface area contributed by atoms with Gasteiger partial charge in [0, 0.05) is 0 Å². The molecule has 0 unspecified atom stereocenters. The van der Waals surface area contributed by atoms with Crippen LogP contribution in [0.4, 0.5) is 0 Å². The van der Waals surface area contributed by atoms with E-state index in [1.54, 1.807) is 0 Å². The molecule has 0 radical (unpaired) electrons. The molecule has 0 heterocycles. The molecule has 3 heteroatoms. The van der Waals surface area contributed by atoms with Gasteiger partial charge in [0.2, 0.25) is 0 Å². The highest BCUT2D eigenvalue weighted by molar-refractivity contribution is 6.74. The predicted octanol–water partition coefficient (Wildman–Crippen LogP) is 3.18. The lowest BCUT2D eigenvalue weighted by Gasteiger charge is -2.35. The summed E-state index contributed by atoms with van der Waals surface area (Å²) in [5.41, 5.74) is 0. The Morgan fingerprint density at radius 1 is 1.29 bits per heavy atom. The molecule has 0 amide bonds. The van der Waals surface area contributed by atoms with Crippen molar-refractivity contribution in [3.05, 3.63) is 12.7 Å². The van der Waals surface area contributed by atoms with Gasteiger partial charge in [0.25, 0.3) is 0 Å². The van der Waals surface area contributed by atoms with Crippen LogP contribution in [0.3, 0.4) is 0 Å². The van der Waals surface area contributed by atoms with E-state index in [1.165, 1.54) is 0 Å². The first-order valence-corrected chi connectivity index (χ1v) is 9.13. The van der Waals surface area contributed by atoms with Gasteiger partial charge in [0.15, 0.2) is 8.32 Å². The van der Waals surface area contributed by atoms with Gasteiger partial charge in [-0.15, -0.1) is 6.58 Å². The van der Waals surface area contributed by atoms with E-state index in [-0.39, 0.29) is 5.04 Å². The fourth-order valence-electron chi connectivity index (χ4n) is 0.902. The van der Waals surface area contributed by atoms with Crippen molar-refractivity contribution >= 4 is 8.32 Å². The first kappa shape index (κ1) is 16.4. The third kappa shape index (κ3) is 7.38. The fraction of sp³-hybridized carbons (Fsp3) is 0.714. The van der Waals surface area contributed by atoms with E-state index < -0.39 is 8.32 Å². The summed E-state index contributed by atoms with van der Waals surface area (Å²) >= 11 is 0. The Labute approximate surface area is 108 Å². The van der Waals surface area contributed by atoms with Crippen molar-refractivity contribution in [3.8, 4) is 11.8 Å². The Morgan fingerprint density at radius 3 is 2.47 bits per heavy atom. The minimum absolute atomic E-state index is 0.261. The van der Waals surface area contributed by atoms with Crippen LogP contribution in [0.15, 0.2) is 12.7 Å². The maximum atomic E-state index is 5.94. The summed E-state index contributed by atoms with van der Waals surface area (Å²) in [6.45, 7) is 17.1. The summed E-state index contributed by atoms with van der Waals surface area (Å²) in [5.74, 6) is 6.13. The van der Waals surface area contributed by atoms with Crippen LogP contribution in [0.2, 0.25) is 18.1 Å². The normalized spacial score (nSPS) is 11.8. The van der Waals surface area contributed by atoms with Gasteiger partial charge in [-0.2, -0.15) is 0 Å². The van der Waals surface area contributed by atoms with Crippen LogP contribution in [-0.2, 0) is 4.43 Å². The molecule has 0 aromatic rings. The molecule has 0 saturated carbocycles. The van der Waals surface area contributed by atoms with Gasteiger partial charge in [0.05, 0.1) is 13.2 Å². The van der Waals surface area contributed by atoms with Gasteiger partial charge >= 0.3 is 0 Å². The molecule has 1 N–H and O–H groups in total. The molecule has 0 bridgehead atoms. The van der Waals surface area contributed by atoms with Crippen LogP contribution < -0.4 is 5.32 Å². The zero-order valence-electron chi connectivity index (χ0n) is 12.0. The van der Waals surface area contributed by atoms with Gasteiger partial charge < -0.3 is 9.74 Å². The molecule has 0 aromatic heterocycles. The van der Waals surface area contributed by atoms with Crippen LogP contribution >= 0.6 is 0 Å². The summed E-state index contributed by atoms with van der Waals surface area (Å²) < 4.78 is 5.94. The quantitative estimate of drug-likeness (QED) is 0.340. The Hall–Kier alpha value is -0.563. The van der Waals surface area contributed by atoms with Gasteiger partial charge in [-0.05, 0) is 31.1 Å². The standard InChI is InChI=1S/C14H27NOSi/c1-7-8-11-15-12-9-10-13-16-17(5,6)14(2,3)4/h7,15H,1,8,11-13H2,2-6H3. The van der Waals surface area contributed by atoms with Crippen LogP contribution in [0, 0.1) is 11.8 Å². The zero-order chi connectivity index (χ0) is 13.4. The van der Waals surface area contributed by atoms with Gasteiger partial charge in [-0.3, -0.25) is 0 Å². The highest BCUT2D eigenvalue weighted by atomic mass is 28.4. The Morgan fingerprint density at radius 2 is 1.94 bits per heavy atom. The Bertz CT molecular complexity index is 281. The Balaban J connectivity index is 3.77. The van der Waals surface area contributed by atoms with Gasteiger partial charge in [-0.25, -0.2) is 0 Å². The molecule has 0 aromatic carbocycles. The van der Waals surface area contributed by atoms with Gasteiger partial charge in [0.1, 0.15) is 0 Å². The van der Waals surface area contributed by atoms with E-state index in [0.717, 1.165) is 19.5 Å². The van der Waals surface area contributed by atoms with Crippen molar-refractivity contribution in [2.75, 3.05) is 19.7 Å². The monoisotopic (exact) mass is 253 g/mol. The van der Waals surface area contributed by atoms with Crippen LogP contribution in [0.5, 0.6) is 0 Å². The van der Waals surface area contributed by atoms with E-state index >= 15 is 0 Å². The highest BCUT2D eigenvalue weighted by Crippen LogP contribution is 2.36. The highest BCUT2D eigenvalue weighted by Gasteiger charge is 2.36. The molecule has 2 nitrogen and oxygen atoms in total. The third-order valence-corrected chi connectivity index (χ3v) is 7.65. The summed E-state index contributed by atoms with van der Waals surface area (Å²) in [5, 5.41) is 3.49. The fourth-order valence-corrected chi connectivity index (χ4v) is 1.77. The topological polar surface area (TPSA) is 21.3 Å². The van der Waals surface area contributed by atoms with Crippen molar-refractivity contribution in [2.24, 2.45) is 0 Å². The van der Waals surface area contributed by atoms with E-state index in [0.29, 0.717) is 6.61 Å². The SMILES string of the molecule is C=CCCNCC#CCO[Si](C)(C)C(C)(C)C. The van der Waals surface area contributed by atoms with Crippen molar-refractivity contribution in [1.82, 2.24) is 5.32 Å². The molecule has 17 heavy (non-hydrogen) atoms. The molecular formula is C14H27NOSi. The summed E-state index contributed by atoms with van der Waals surface area (Å²) in [6, 6.07) is 0. The molecule has 0 spiro atoms. The molecule has 0 saturated heterocycles. The maximum Gasteiger partial charge on any atom is 0.193 e. The van der Waals surface area contributed by atoms with Crippen molar-refractivity contribution in [3.63, 3.8) is 0 Å². The molecular weight excluding hydrogens is 226 g/mol. The second kappa shape index (κ2) is 7.70. The average Bonchev–Trinajstić information content (AvgIpc) is 2.20. The largest absolute Gasteiger partial charge is 0.406 e. The van der Waals surface area contributed by atoms with Crippen molar-refractivity contribution in [1.29, 1.82) is 0 Å². The maximum absolute atomic E-state index is 5.94. The summed E-state index contributed by atoms with van der Waals surface area (Å²) in [6.07, 6.45) is 2.89. The van der Waals surface area contributed by atoms with E-state index in [2.05, 4.69) is 57.6 Å². The third-order valence-electron chi connectivity index (χ3n) is 3.17. The minimum Gasteiger partial charge on any atom is -0.406 e. The minimum atomic E-state index is -1.62. The van der Waals surface area contributed by atoms with Crippen LogP contribution in [0.25, 0.3) is 0 Å². The van der Waals surface area contributed by atoms with E-state index in [9.17, 15) is 0 Å². The molecule has 0 atom stereocenters. The van der Waals surface area contributed by atoms with Gasteiger partial charge in [-0.1, -0.05) is 38.7 Å². The van der Waals surface area contributed by atoms with Crippen molar-refractivity contribution in [2.45, 2.75) is 45.3 Å². The second-order valence-corrected chi connectivity index (χ2v) is 10.5. The first-order valence-electron chi connectivity index (χ1n) is 6.22. The molecule has 0 fully saturated rings. The van der Waals surface area contributed by atoms with E-state index in [4.69, 9.17) is 4.43 Å². The van der Waals surface area contributed by atoms with Crippen molar-refractivity contribution < 1.29 is 4.43 Å².